The number of aromatic nitrogens is 3. The van der Waals surface area contributed by atoms with Gasteiger partial charge in [0, 0.05) is 36.4 Å². The molecule has 0 radical (unpaired) electrons. The molecule has 0 fully saturated rings. The third-order valence-electron chi connectivity index (χ3n) is 3.77. The van der Waals surface area contributed by atoms with Crippen LogP contribution in [0.25, 0.3) is 16.6 Å². The van der Waals surface area contributed by atoms with Gasteiger partial charge in [0.2, 0.25) is 0 Å². The van der Waals surface area contributed by atoms with Crippen molar-refractivity contribution in [3.05, 3.63) is 82.3 Å². The van der Waals surface area contributed by atoms with Gasteiger partial charge in [0.15, 0.2) is 0 Å². The zero-order valence-corrected chi connectivity index (χ0v) is 13.9. The van der Waals surface area contributed by atoms with Crippen LogP contribution < -0.4 is 11.0 Å². The van der Waals surface area contributed by atoms with Crippen LogP contribution in [0.1, 0.15) is 18.1 Å². The SMILES string of the molecule is C=N/C=C(\C=C(/C)NCc1ccncc1)c1ccc2[nH]c(=O)[nH]c2c1. The Bertz CT molecular complexity index is 995. The van der Waals surface area contributed by atoms with E-state index in [0.717, 1.165) is 33.4 Å². The fourth-order valence-electron chi connectivity index (χ4n) is 2.53. The summed E-state index contributed by atoms with van der Waals surface area (Å²) >= 11 is 0. The summed E-state index contributed by atoms with van der Waals surface area (Å²) in [6.07, 6.45) is 7.25. The van der Waals surface area contributed by atoms with Gasteiger partial charge in [-0.15, -0.1) is 0 Å². The van der Waals surface area contributed by atoms with Gasteiger partial charge in [-0.25, -0.2) is 4.79 Å². The predicted octanol–water partition coefficient (Wildman–Crippen LogP) is 2.99. The van der Waals surface area contributed by atoms with E-state index >= 15 is 0 Å². The molecular formula is C19H19N5O. The Labute approximate surface area is 145 Å². The summed E-state index contributed by atoms with van der Waals surface area (Å²) in [5.41, 5.74) is 5.31. The Hall–Kier alpha value is -3.41. The van der Waals surface area contributed by atoms with Crippen molar-refractivity contribution in [3.8, 4) is 0 Å². The lowest BCUT2D eigenvalue weighted by Gasteiger charge is -2.09. The molecule has 2 aromatic heterocycles. The Morgan fingerprint density at radius 1 is 1.24 bits per heavy atom. The van der Waals surface area contributed by atoms with Crippen molar-refractivity contribution in [2.24, 2.45) is 4.99 Å². The maximum Gasteiger partial charge on any atom is 0.323 e. The normalized spacial score (nSPS) is 12.4. The molecule has 0 aliphatic rings. The number of pyridine rings is 1. The van der Waals surface area contributed by atoms with Gasteiger partial charge in [-0.2, -0.15) is 0 Å². The van der Waals surface area contributed by atoms with Crippen molar-refractivity contribution in [3.63, 3.8) is 0 Å². The lowest BCUT2D eigenvalue weighted by molar-refractivity contribution is 0.811. The van der Waals surface area contributed by atoms with Crippen LogP contribution >= 0.6 is 0 Å². The highest BCUT2D eigenvalue weighted by Gasteiger charge is 2.04. The molecule has 0 atom stereocenters. The minimum atomic E-state index is -0.217. The van der Waals surface area contributed by atoms with Gasteiger partial charge in [-0.05, 0) is 55.1 Å². The average Bonchev–Trinajstić information content (AvgIpc) is 2.99. The molecule has 0 aliphatic heterocycles. The van der Waals surface area contributed by atoms with Crippen LogP contribution in [0.2, 0.25) is 0 Å². The highest BCUT2D eigenvalue weighted by Crippen LogP contribution is 2.21. The van der Waals surface area contributed by atoms with E-state index < -0.39 is 0 Å². The number of aromatic amines is 2. The largest absolute Gasteiger partial charge is 0.384 e. The molecule has 0 spiro atoms. The molecule has 0 bridgehead atoms. The number of H-pyrrole nitrogens is 2. The molecular weight excluding hydrogens is 314 g/mol. The van der Waals surface area contributed by atoms with E-state index in [2.05, 4.69) is 32.0 Å². The summed E-state index contributed by atoms with van der Waals surface area (Å²) < 4.78 is 0. The summed E-state index contributed by atoms with van der Waals surface area (Å²) in [5.74, 6) is 0. The number of fused-ring (bicyclic) bond motifs is 1. The molecule has 126 valence electrons. The van der Waals surface area contributed by atoms with E-state index in [1.54, 1.807) is 18.6 Å². The molecule has 2 heterocycles. The minimum absolute atomic E-state index is 0.217. The van der Waals surface area contributed by atoms with Gasteiger partial charge < -0.3 is 15.3 Å². The van der Waals surface area contributed by atoms with Crippen LogP contribution in [0.15, 0.2) is 70.5 Å². The second kappa shape index (κ2) is 7.44. The molecule has 6 heteroatoms. The van der Waals surface area contributed by atoms with E-state index in [9.17, 15) is 4.79 Å². The van der Waals surface area contributed by atoms with Crippen molar-refractivity contribution < 1.29 is 0 Å². The highest BCUT2D eigenvalue weighted by atomic mass is 16.1. The van der Waals surface area contributed by atoms with Gasteiger partial charge in [0.1, 0.15) is 0 Å². The molecule has 3 aromatic rings. The number of rotatable bonds is 6. The second-order valence-corrected chi connectivity index (χ2v) is 5.64. The zero-order valence-electron chi connectivity index (χ0n) is 13.9. The molecule has 3 N–H and O–H groups in total. The lowest BCUT2D eigenvalue weighted by atomic mass is 10.0. The number of benzene rings is 1. The summed E-state index contributed by atoms with van der Waals surface area (Å²) in [6.45, 7) is 6.25. The van der Waals surface area contributed by atoms with Crippen LogP contribution in [0, 0.1) is 0 Å². The predicted molar refractivity (Wildman–Crippen MR) is 101 cm³/mol. The van der Waals surface area contributed by atoms with Crippen molar-refractivity contribution >= 4 is 23.3 Å². The maximum atomic E-state index is 11.4. The molecule has 0 saturated heterocycles. The number of aliphatic imine (C=N–C) groups is 1. The van der Waals surface area contributed by atoms with Crippen LogP contribution in [-0.4, -0.2) is 21.7 Å². The Balaban J connectivity index is 1.83. The lowest BCUT2D eigenvalue weighted by Crippen LogP contribution is -2.10. The molecule has 0 amide bonds. The standard InChI is InChI=1S/C19H19N5O/c1-13(22-11-14-5-7-21-8-6-14)9-16(12-20-2)15-3-4-17-18(10-15)24-19(25)23-17/h3-10,12,22H,2,11H2,1H3,(H2,23,24,25)/b13-9+,16-12+. The van der Waals surface area contributed by atoms with Crippen molar-refractivity contribution in [2.75, 3.05) is 0 Å². The monoisotopic (exact) mass is 333 g/mol. The molecule has 6 nitrogen and oxygen atoms in total. The van der Waals surface area contributed by atoms with Crippen LogP contribution in [0.3, 0.4) is 0 Å². The molecule has 0 aliphatic carbocycles. The van der Waals surface area contributed by atoms with Crippen molar-refractivity contribution in [2.45, 2.75) is 13.5 Å². The first-order valence-corrected chi connectivity index (χ1v) is 7.85. The Kier molecular flexibility index (Phi) is 4.89. The van der Waals surface area contributed by atoms with E-state index in [1.807, 2.05) is 43.3 Å². The quantitative estimate of drug-likeness (QED) is 0.479. The van der Waals surface area contributed by atoms with Crippen LogP contribution in [0.4, 0.5) is 0 Å². The summed E-state index contributed by atoms with van der Waals surface area (Å²) in [6, 6.07) is 9.66. The van der Waals surface area contributed by atoms with Crippen LogP contribution in [-0.2, 0) is 6.54 Å². The van der Waals surface area contributed by atoms with E-state index in [-0.39, 0.29) is 5.69 Å². The molecule has 1 aromatic carbocycles. The number of allylic oxidation sites excluding steroid dienone is 3. The summed E-state index contributed by atoms with van der Waals surface area (Å²) in [5, 5.41) is 3.37. The van der Waals surface area contributed by atoms with Gasteiger partial charge in [0.05, 0.1) is 11.0 Å². The zero-order chi connectivity index (χ0) is 17.6. The van der Waals surface area contributed by atoms with Gasteiger partial charge in [-0.3, -0.25) is 9.98 Å². The number of hydrogen-bond acceptors (Lipinski definition) is 4. The fraction of sp³-hybridized carbons (Fsp3) is 0.105. The number of nitrogens with one attached hydrogen (secondary N) is 3. The average molecular weight is 333 g/mol. The number of imidazole rings is 1. The first kappa shape index (κ1) is 16.4. The van der Waals surface area contributed by atoms with E-state index in [0.29, 0.717) is 6.54 Å². The van der Waals surface area contributed by atoms with Gasteiger partial charge >= 0.3 is 5.69 Å². The summed E-state index contributed by atoms with van der Waals surface area (Å²) in [4.78, 5) is 24.8. The molecule has 0 saturated carbocycles. The second-order valence-electron chi connectivity index (χ2n) is 5.64. The molecule has 0 unspecified atom stereocenters. The Morgan fingerprint density at radius 3 is 2.76 bits per heavy atom. The minimum Gasteiger partial charge on any atom is -0.384 e. The van der Waals surface area contributed by atoms with Gasteiger partial charge in [-0.1, -0.05) is 6.07 Å². The molecule has 25 heavy (non-hydrogen) atoms. The van der Waals surface area contributed by atoms with E-state index in [4.69, 9.17) is 0 Å². The van der Waals surface area contributed by atoms with Crippen molar-refractivity contribution in [1.82, 2.24) is 20.3 Å². The molecule has 3 rings (SSSR count). The third-order valence-corrected chi connectivity index (χ3v) is 3.77. The van der Waals surface area contributed by atoms with Crippen LogP contribution in [0.5, 0.6) is 0 Å². The maximum absolute atomic E-state index is 11.4. The highest BCUT2D eigenvalue weighted by molar-refractivity contribution is 5.83. The number of nitrogens with zero attached hydrogens (tertiary/aromatic N) is 2. The first-order valence-electron chi connectivity index (χ1n) is 7.85. The van der Waals surface area contributed by atoms with Crippen molar-refractivity contribution in [1.29, 1.82) is 0 Å². The first-order chi connectivity index (χ1) is 12.2. The van der Waals surface area contributed by atoms with E-state index in [1.165, 1.54) is 0 Å². The topological polar surface area (TPSA) is 85.9 Å². The smallest absolute Gasteiger partial charge is 0.323 e. The number of hydrogen-bond donors (Lipinski definition) is 3. The third kappa shape index (κ3) is 4.11. The van der Waals surface area contributed by atoms with Gasteiger partial charge in [0.25, 0.3) is 0 Å². The Morgan fingerprint density at radius 2 is 2.00 bits per heavy atom. The fourth-order valence-corrected chi connectivity index (χ4v) is 2.53. The summed E-state index contributed by atoms with van der Waals surface area (Å²) in [7, 11) is 0.